The summed E-state index contributed by atoms with van der Waals surface area (Å²) in [5.41, 5.74) is 1.50. The van der Waals surface area contributed by atoms with E-state index < -0.39 is 55.0 Å². The standard InChI is InChI=1S/C26H28N2O9/c29-22(20(14-23(30)31)27-25(33)36-15-18-8-3-1-4-9-18)17-35-24(32)21-12-7-13-28(21)26(34)37-16-19-10-5-2-6-11-19/h1-6,8-11,20-21H,7,12-17H2,(H,27,33)(H,30,31). The summed E-state index contributed by atoms with van der Waals surface area (Å²) in [6.45, 7) is -0.524. The van der Waals surface area contributed by atoms with Crippen LogP contribution in [0, 0.1) is 0 Å². The van der Waals surface area contributed by atoms with Gasteiger partial charge in [0.05, 0.1) is 6.42 Å². The number of carbonyl (C=O) groups is 5. The zero-order valence-electron chi connectivity index (χ0n) is 20.0. The van der Waals surface area contributed by atoms with Crippen molar-refractivity contribution in [3.63, 3.8) is 0 Å². The van der Waals surface area contributed by atoms with E-state index in [1.165, 1.54) is 4.90 Å². The summed E-state index contributed by atoms with van der Waals surface area (Å²) in [4.78, 5) is 62.2. The van der Waals surface area contributed by atoms with Crippen molar-refractivity contribution >= 4 is 29.9 Å². The van der Waals surface area contributed by atoms with Crippen molar-refractivity contribution < 1.29 is 43.3 Å². The number of Topliss-reactive ketones (excluding diaryl/α,β-unsaturated/α-hetero) is 1. The van der Waals surface area contributed by atoms with Gasteiger partial charge in [0, 0.05) is 6.54 Å². The lowest BCUT2D eigenvalue weighted by Crippen LogP contribution is -2.46. The number of carboxylic acid groups (broad SMARTS) is 1. The quantitative estimate of drug-likeness (QED) is 0.342. The van der Waals surface area contributed by atoms with E-state index in [0.29, 0.717) is 18.4 Å². The molecule has 11 heteroatoms. The number of amides is 2. The summed E-state index contributed by atoms with van der Waals surface area (Å²) in [5, 5.41) is 11.3. The molecule has 2 unspecified atom stereocenters. The maximum atomic E-state index is 12.6. The van der Waals surface area contributed by atoms with Crippen LogP contribution in [0.15, 0.2) is 60.7 Å². The van der Waals surface area contributed by atoms with Gasteiger partial charge in [-0.25, -0.2) is 14.4 Å². The van der Waals surface area contributed by atoms with Crippen molar-refractivity contribution in [1.82, 2.24) is 10.2 Å². The monoisotopic (exact) mass is 512 g/mol. The Kier molecular flexibility index (Phi) is 10.0. The number of hydrogen-bond acceptors (Lipinski definition) is 8. The normalized spacial score (nSPS) is 15.4. The Morgan fingerprint density at radius 2 is 1.49 bits per heavy atom. The second kappa shape index (κ2) is 13.6. The molecule has 37 heavy (non-hydrogen) atoms. The first kappa shape index (κ1) is 27.2. The van der Waals surface area contributed by atoms with Crippen LogP contribution in [0.5, 0.6) is 0 Å². The molecule has 3 rings (SSSR count). The number of likely N-dealkylation sites (tertiary alicyclic amines) is 1. The number of nitrogens with zero attached hydrogens (tertiary/aromatic N) is 1. The van der Waals surface area contributed by atoms with Crippen LogP contribution >= 0.6 is 0 Å². The molecule has 11 nitrogen and oxygen atoms in total. The predicted octanol–water partition coefficient (Wildman–Crippen LogP) is 2.67. The Labute approximate surface area is 213 Å². The van der Waals surface area contributed by atoms with E-state index in [1.54, 1.807) is 42.5 Å². The number of hydrogen-bond donors (Lipinski definition) is 2. The van der Waals surface area contributed by atoms with E-state index >= 15 is 0 Å². The highest BCUT2D eigenvalue weighted by Gasteiger charge is 2.37. The molecule has 2 aromatic rings. The van der Waals surface area contributed by atoms with Crippen molar-refractivity contribution in [2.45, 2.75) is 44.6 Å². The molecule has 0 aromatic heterocycles. The van der Waals surface area contributed by atoms with Gasteiger partial charge in [-0.05, 0) is 24.0 Å². The van der Waals surface area contributed by atoms with Crippen LogP contribution in [-0.2, 0) is 41.8 Å². The van der Waals surface area contributed by atoms with Crippen LogP contribution in [0.1, 0.15) is 30.4 Å². The minimum Gasteiger partial charge on any atom is -0.481 e. The fourth-order valence-electron chi connectivity index (χ4n) is 3.70. The lowest BCUT2D eigenvalue weighted by molar-refractivity contribution is -0.152. The molecule has 2 N–H and O–H groups in total. The summed E-state index contributed by atoms with van der Waals surface area (Å²) in [7, 11) is 0. The molecule has 0 radical (unpaired) electrons. The van der Waals surface area contributed by atoms with Gasteiger partial charge in [0.2, 0.25) is 0 Å². The van der Waals surface area contributed by atoms with Crippen LogP contribution in [0.3, 0.4) is 0 Å². The minimum absolute atomic E-state index is 0.0410. The molecular weight excluding hydrogens is 484 g/mol. The lowest BCUT2D eigenvalue weighted by Gasteiger charge is -2.23. The number of benzene rings is 2. The number of alkyl carbamates (subject to hydrolysis) is 1. The summed E-state index contributed by atoms with van der Waals surface area (Å²) in [5.74, 6) is -2.98. The maximum Gasteiger partial charge on any atom is 0.410 e. The second-order valence-electron chi connectivity index (χ2n) is 8.32. The van der Waals surface area contributed by atoms with E-state index in [2.05, 4.69) is 5.32 Å². The number of esters is 1. The van der Waals surface area contributed by atoms with Gasteiger partial charge in [-0.3, -0.25) is 14.5 Å². The lowest BCUT2D eigenvalue weighted by atomic mass is 10.1. The fraction of sp³-hybridized carbons (Fsp3) is 0.346. The number of aliphatic carboxylic acids is 1. The van der Waals surface area contributed by atoms with Gasteiger partial charge in [0.15, 0.2) is 12.4 Å². The number of ether oxygens (including phenoxy) is 3. The highest BCUT2D eigenvalue weighted by atomic mass is 16.6. The predicted molar refractivity (Wildman–Crippen MR) is 128 cm³/mol. The fourth-order valence-corrected chi connectivity index (χ4v) is 3.70. The average molecular weight is 513 g/mol. The van der Waals surface area contributed by atoms with Gasteiger partial charge in [-0.15, -0.1) is 0 Å². The third-order valence-corrected chi connectivity index (χ3v) is 5.59. The molecule has 0 spiro atoms. The van der Waals surface area contributed by atoms with Crippen molar-refractivity contribution in [3.05, 3.63) is 71.8 Å². The van der Waals surface area contributed by atoms with E-state index in [9.17, 15) is 24.0 Å². The second-order valence-corrected chi connectivity index (χ2v) is 8.32. The van der Waals surface area contributed by atoms with Gasteiger partial charge >= 0.3 is 24.1 Å². The number of rotatable bonds is 11. The zero-order chi connectivity index (χ0) is 26.6. The molecule has 0 aliphatic carbocycles. The molecular formula is C26H28N2O9. The molecule has 1 fully saturated rings. The Bertz CT molecular complexity index is 1090. The number of carboxylic acids is 1. The van der Waals surface area contributed by atoms with Crippen molar-refractivity contribution in [2.24, 2.45) is 0 Å². The van der Waals surface area contributed by atoms with Gasteiger partial charge < -0.3 is 24.6 Å². The first-order valence-corrected chi connectivity index (χ1v) is 11.7. The van der Waals surface area contributed by atoms with Crippen LogP contribution in [0.4, 0.5) is 9.59 Å². The SMILES string of the molecule is O=C(O)CC(NC(=O)OCc1ccccc1)C(=O)COC(=O)C1CCCN1C(=O)OCc1ccccc1. The molecule has 1 heterocycles. The molecule has 2 atom stereocenters. The largest absolute Gasteiger partial charge is 0.481 e. The van der Waals surface area contributed by atoms with E-state index in [-0.39, 0.29) is 19.8 Å². The summed E-state index contributed by atoms with van der Waals surface area (Å²) >= 11 is 0. The highest BCUT2D eigenvalue weighted by Crippen LogP contribution is 2.20. The van der Waals surface area contributed by atoms with Crippen LogP contribution in [0.25, 0.3) is 0 Å². The molecule has 2 aromatic carbocycles. The zero-order valence-corrected chi connectivity index (χ0v) is 20.0. The van der Waals surface area contributed by atoms with Crippen LogP contribution in [-0.4, -0.2) is 65.2 Å². The molecule has 1 aliphatic rings. The van der Waals surface area contributed by atoms with E-state index in [4.69, 9.17) is 19.3 Å². The first-order chi connectivity index (χ1) is 17.8. The topological polar surface area (TPSA) is 149 Å². The molecule has 0 bridgehead atoms. The van der Waals surface area contributed by atoms with Gasteiger partial charge in [0.1, 0.15) is 25.3 Å². The van der Waals surface area contributed by atoms with Crippen molar-refractivity contribution in [3.8, 4) is 0 Å². The van der Waals surface area contributed by atoms with Crippen LogP contribution < -0.4 is 5.32 Å². The number of nitrogens with one attached hydrogen (secondary N) is 1. The summed E-state index contributed by atoms with van der Waals surface area (Å²) in [6.07, 6.45) is -1.52. The van der Waals surface area contributed by atoms with Crippen molar-refractivity contribution in [2.75, 3.05) is 13.2 Å². The summed E-state index contributed by atoms with van der Waals surface area (Å²) in [6, 6.07) is 15.4. The van der Waals surface area contributed by atoms with E-state index in [0.717, 1.165) is 5.56 Å². The van der Waals surface area contributed by atoms with Crippen LogP contribution in [0.2, 0.25) is 0 Å². The van der Waals surface area contributed by atoms with Gasteiger partial charge in [-0.2, -0.15) is 0 Å². The molecule has 0 saturated carbocycles. The Morgan fingerprint density at radius 3 is 2.08 bits per heavy atom. The maximum absolute atomic E-state index is 12.6. The Morgan fingerprint density at radius 1 is 0.892 bits per heavy atom. The van der Waals surface area contributed by atoms with Crippen molar-refractivity contribution in [1.29, 1.82) is 0 Å². The first-order valence-electron chi connectivity index (χ1n) is 11.7. The third-order valence-electron chi connectivity index (χ3n) is 5.59. The molecule has 1 saturated heterocycles. The number of ketones is 1. The van der Waals surface area contributed by atoms with Gasteiger partial charge in [0.25, 0.3) is 0 Å². The third kappa shape index (κ3) is 8.64. The number of carbonyl (C=O) groups excluding carboxylic acids is 4. The smallest absolute Gasteiger partial charge is 0.410 e. The Balaban J connectivity index is 1.49. The minimum atomic E-state index is -1.47. The Hall–Kier alpha value is -4.41. The van der Waals surface area contributed by atoms with E-state index in [1.807, 2.05) is 18.2 Å². The molecule has 2 amide bonds. The highest BCUT2D eigenvalue weighted by molar-refractivity contribution is 5.93. The average Bonchev–Trinajstić information content (AvgIpc) is 3.40. The molecule has 1 aliphatic heterocycles. The van der Waals surface area contributed by atoms with Gasteiger partial charge in [-0.1, -0.05) is 60.7 Å². The molecule has 196 valence electrons. The summed E-state index contributed by atoms with van der Waals surface area (Å²) < 4.78 is 15.4.